The minimum atomic E-state index is -0.558. The van der Waals surface area contributed by atoms with E-state index in [-0.39, 0.29) is 12.1 Å². The largest absolute Gasteiger partial charge is 0.467 e. The number of hydrogen-bond donors (Lipinski definition) is 2. The number of benzene rings is 1. The van der Waals surface area contributed by atoms with Crippen molar-refractivity contribution in [2.75, 3.05) is 0 Å². The van der Waals surface area contributed by atoms with Crippen molar-refractivity contribution in [3.63, 3.8) is 0 Å². The van der Waals surface area contributed by atoms with Gasteiger partial charge < -0.3 is 14.8 Å². The molecule has 0 radical (unpaired) electrons. The maximum absolute atomic E-state index is 10.1. The number of aliphatic hydroxyl groups is 1. The van der Waals surface area contributed by atoms with Crippen molar-refractivity contribution in [1.82, 2.24) is 5.32 Å². The molecule has 0 spiro atoms. The van der Waals surface area contributed by atoms with Crippen molar-refractivity contribution in [2.24, 2.45) is 0 Å². The van der Waals surface area contributed by atoms with Gasteiger partial charge in [0, 0.05) is 12.1 Å². The Morgan fingerprint density at radius 1 is 1.20 bits per heavy atom. The van der Waals surface area contributed by atoms with Crippen molar-refractivity contribution in [3.05, 3.63) is 59.5 Å². The van der Waals surface area contributed by atoms with Crippen LogP contribution in [0.25, 0.3) is 0 Å². The molecule has 2 N–H and O–H groups in total. The molecule has 3 heteroatoms. The Bertz CT molecular complexity index is 522. The van der Waals surface area contributed by atoms with Crippen molar-refractivity contribution >= 4 is 0 Å². The third-order valence-corrected chi connectivity index (χ3v) is 3.53. The number of furan rings is 1. The Balaban J connectivity index is 1.89. The topological polar surface area (TPSA) is 45.4 Å². The second kappa shape index (κ2) is 6.73. The highest BCUT2D eigenvalue weighted by molar-refractivity contribution is 5.24. The summed E-state index contributed by atoms with van der Waals surface area (Å²) in [5, 5.41) is 13.6. The molecule has 0 saturated carbocycles. The van der Waals surface area contributed by atoms with E-state index < -0.39 is 6.10 Å². The van der Waals surface area contributed by atoms with Crippen LogP contribution in [0.5, 0.6) is 0 Å². The Labute approximate surface area is 120 Å². The first-order valence-electron chi connectivity index (χ1n) is 7.10. The normalized spacial score (nSPS) is 15.8. The van der Waals surface area contributed by atoms with Crippen LogP contribution >= 0.6 is 0 Å². The lowest BCUT2D eigenvalue weighted by atomic mass is 10.0. The molecule has 1 aromatic carbocycles. The Morgan fingerprint density at radius 2 is 2.00 bits per heavy atom. The highest BCUT2D eigenvalue weighted by Crippen LogP contribution is 2.21. The summed E-state index contributed by atoms with van der Waals surface area (Å²) in [5.41, 5.74) is 2.53. The van der Waals surface area contributed by atoms with Gasteiger partial charge in [0.2, 0.25) is 0 Å². The summed E-state index contributed by atoms with van der Waals surface area (Å²) in [6, 6.07) is 12.5. The fourth-order valence-corrected chi connectivity index (χ4v) is 2.46. The number of rotatable bonds is 6. The van der Waals surface area contributed by atoms with Crippen molar-refractivity contribution < 1.29 is 9.52 Å². The Hall–Kier alpha value is -1.58. The van der Waals surface area contributed by atoms with E-state index in [4.69, 9.17) is 4.42 Å². The lowest BCUT2D eigenvalue weighted by Crippen LogP contribution is -2.30. The average molecular weight is 273 g/mol. The molecule has 2 aromatic rings. The molecule has 0 amide bonds. The van der Waals surface area contributed by atoms with Crippen LogP contribution in [-0.2, 0) is 0 Å². The second-order valence-corrected chi connectivity index (χ2v) is 5.47. The van der Waals surface area contributed by atoms with Gasteiger partial charge in [0.25, 0.3) is 0 Å². The van der Waals surface area contributed by atoms with Gasteiger partial charge in [0.05, 0.1) is 6.26 Å². The van der Waals surface area contributed by atoms with Crippen LogP contribution in [0.1, 0.15) is 49.3 Å². The molecule has 2 rings (SSSR count). The molecule has 0 fully saturated rings. The zero-order valence-electron chi connectivity index (χ0n) is 12.3. The highest BCUT2D eigenvalue weighted by Gasteiger charge is 2.16. The summed E-state index contributed by atoms with van der Waals surface area (Å²) in [6.07, 6.45) is 1.66. The molecule has 3 atom stereocenters. The van der Waals surface area contributed by atoms with E-state index in [0.717, 1.165) is 0 Å². The molecule has 0 bridgehead atoms. The van der Waals surface area contributed by atoms with E-state index in [2.05, 4.69) is 50.4 Å². The molecular formula is C17H23NO2. The predicted molar refractivity (Wildman–Crippen MR) is 80.5 cm³/mol. The fourth-order valence-electron chi connectivity index (χ4n) is 2.46. The van der Waals surface area contributed by atoms with E-state index in [1.165, 1.54) is 11.1 Å². The maximum Gasteiger partial charge on any atom is 0.132 e. The summed E-state index contributed by atoms with van der Waals surface area (Å²) < 4.78 is 5.22. The van der Waals surface area contributed by atoms with Gasteiger partial charge in [-0.05, 0) is 44.9 Å². The first-order valence-corrected chi connectivity index (χ1v) is 7.10. The van der Waals surface area contributed by atoms with Crippen LogP contribution in [0.3, 0.4) is 0 Å². The molecule has 1 heterocycles. The Morgan fingerprint density at radius 3 is 2.65 bits per heavy atom. The Kier molecular flexibility index (Phi) is 4.99. The maximum atomic E-state index is 10.1. The molecule has 3 unspecified atom stereocenters. The van der Waals surface area contributed by atoms with Crippen LogP contribution < -0.4 is 5.32 Å². The molecule has 3 nitrogen and oxygen atoms in total. The lowest BCUT2D eigenvalue weighted by Gasteiger charge is -2.22. The number of nitrogens with one attached hydrogen (secondary N) is 1. The van der Waals surface area contributed by atoms with Gasteiger partial charge in [0.1, 0.15) is 11.9 Å². The van der Waals surface area contributed by atoms with Crippen LogP contribution in [-0.4, -0.2) is 11.1 Å². The number of aryl methyl sites for hydroxylation is 1. The summed E-state index contributed by atoms with van der Waals surface area (Å²) in [7, 11) is 0. The first kappa shape index (κ1) is 14.8. The summed E-state index contributed by atoms with van der Waals surface area (Å²) in [5.74, 6) is 0.627. The van der Waals surface area contributed by atoms with E-state index in [0.29, 0.717) is 12.2 Å². The van der Waals surface area contributed by atoms with Crippen LogP contribution in [0.4, 0.5) is 0 Å². The van der Waals surface area contributed by atoms with E-state index in [1.54, 1.807) is 18.4 Å². The highest BCUT2D eigenvalue weighted by atomic mass is 16.4. The standard InChI is InChI=1S/C17H23NO2/c1-12-6-4-7-15(10-12)14(3)18-13(2)11-16(19)17-8-5-9-20-17/h4-10,13-14,16,18-19H,11H2,1-3H3. The summed E-state index contributed by atoms with van der Waals surface area (Å²) >= 11 is 0. The van der Waals surface area contributed by atoms with Crippen LogP contribution in [0.2, 0.25) is 0 Å². The zero-order chi connectivity index (χ0) is 14.5. The minimum Gasteiger partial charge on any atom is -0.467 e. The first-order chi connectivity index (χ1) is 9.56. The van der Waals surface area contributed by atoms with E-state index in [9.17, 15) is 5.11 Å². The van der Waals surface area contributed by atoms with E-state index >= 15 is 0 Å². The lowest BCUT2D eigenvalue weighted by molar-refractivity contribution is 0.127. The van der Waals surface area contributed by atoms with Crippen LogP contribution in [0, 0.1) is 6.92 Å². The van der Waals surface area contributed by atoms with Gasteiger partial charge in [-0.2, -0.15) is 0 Å². The molecule has 0 aliphatic heterocycles. The van der Waals surface area contributed by atoms with Gasteiger partial charge in [-0.15, -0.1) is 0 Å². The smallest absolute Gasteiger partial charge is 0.132 e. The monoisotopic (exact) mass is 273 g/mol. The third kappa shape index (κ3) is 3.95. The fraction of sp³-hybridized carbons (Fsp3) is 0.412. The molecule has 0 saturated heterocycles. The van der Waals surface area contributed by atoms with Gasteiger partial charge in [0.15, 0.2) is 0 Å². The average Bonchev–Trinajstić information content (AvgIpc) is 2.92. The molecule has 20 heavy (non-hydrogen) atoms. The quantitative estimate of drug-likeness (QED) is 0.842. The summed E-state index contributed by atoms with van der Waals surface area (Å²) in [6.45, 7) is 6.32. The second-order valence-electron chi connectivity index (χ2n) is 5.47. The van der Waals surface area contributed by atoms with Crippen molar-refractivity contribution in [2.45, 2.75) is 45.4 Å². The van der Waals surface area contributed by atoms with Gasteiger partial charge >= 0.3 is 0 Å². The number of hydrogen-bond acceptors (Lipinski definition) is 3. The van der Waals surface area contributed by atoms with Gasteiger partial charge in [-0.3, -0.25) is 0 Å². The molecule has 0 aliphatic carbocycles. The molecular weight excluding hydrogens is 250 g/mol. The van der Waals surface area contributed by atoms with Crippen molar-refractivity contribution in [1.29, 1.82) is 0 Å². The summed E-state index contributed by atoms with van der Waals surface area (Å²) in [4.78, 5) is 0. The zero-order valence-corrected chi connectivity index (χ0v) is 12.3. The SMILES string of the molecule is Cc1cccc(C(C)NC(C)CC(O)c2ccco2)c1. The predicted octanol–water partition coefficient (Wildman–Crippen LogP) is 3.75. The number of aliphatic hydroxyl groups excluding tert-OH is 1. The minimum absolute atomic E-state index is 0.200. The van der Waals surface area contributed by atoms with Gasteiger partial charge in [-0.25, -0.2) is 0 Å². The molecule has 108 valence electrons. The van der Waals surface area contributed by atoms with E-state index in [1.807, 2.05) is 0 Å². The van der Waals surface area contributed by atoms with Crippen molar-refractivity contribution in [3.8, 4) is 0 Å². The van der Waals surface area contributed by atoms with Gasteiger partial charge in [-0.1, -0.05) is 29.8 Å². The molecule has 1 aromatic heterocycles. The third-order valence-electron chi connectivity index (χ3n) is 3.53. The van der Waals surface area contributed by atoms with Crippen LogP contribution in [0.15, 0.2) is 47.1 Å². The molecule has 0 aliphatic rings.